The van der Waals surface area contributed by atoms with Crippen LogP contribution >= 0.6 is 22.5 Å². The predicted octanol–water partition coefficient (Wildman–Crippen LogP) is 2.42. The Labute approximate surface area is 94.6 Å². The van der Waals surface area contributed by atoms with Crippen molar-refractivity contribution >= 4 is 36.7 Å². The Balaban J connectivity index is 0. The standard InChI is InChI=1S/C8H9N.Al.2ClH.O/c1-2-5-8-6-3-4-7-9-8;;;;/h2-4,6-7H,1,5H2;;2*1H;/q;+1;;;/p-1. The second-order valence-corrected chi connectivity index (χ2v) is 2.62. The average molecular weight is 234 g/mol. The number of allylic oxidation sites excluding steroid dienone is 1. The Hall–Kier alpha value is -0.198. The number of pyridine rings is 1. The number of rotatable bonds is 2. The maximum atomic E-state index is 8.78. The van der Waals surface area contributed by atoms with Crippen LogP contribution in [0.4, 0.5) is 0 Å². The van der Waals surface area contributed by atoms with Gasteiger partial charge < -0.3 is 0 Å². The molecule has 5 heteroatoms. The van der Waals surface area contributed by atoms with Gasteiger partial charge in [0.2, 0.25) is 0 Å². The van der Waals surface area contributed by atoms with Gasteiger partial charge in [-0.15, -0.1) is 19.0 Å². The van der Waals surface area contributed by atoms with Crippen LogP contribution in [0.2, 0.25) is 0 Å². The number of hydrogen-bond donors (Lipinski definition) is 0. The summed E-state index contributed by atoms with van der Waals surface area (Å²) >= 11 is -1.03. The van der Waals surface area contributed by atoms with Crippen molar-refractivity contribution in [3.8, 4) is 0 Å². The topological polar surface area (TPSA) is 30.0 Å². The fraction of sp³-hybridized carbons (Fsp3) is 0.125. The maximum absolute atomic E-state index is 8.78. The molecule has 1 aromatic heterocycles. The molecule has 1 heterocycles. The van der Waals surface area contributed by atoms with E-state index in [9.17, 15) is 0 Å². The second-order valence-electron chi connectivity index (χ2n) is 1.90. The third-order valence-corrected chi connectivity index (χ3v) is 1.08. The Morgan fingerprint density at radius 2 is 2.23 bits per heavy atom. The summed E-state index contributed by atoms with van der Waals surface area (Å²) in [5.74, 6) is 0. The molecular weight excluding hydrogens is 224 g/mol. The molecule has 0 aliphatic rings. The molecule has 0 aliphatic heterocycles. The van der Waals surface area contributed by atoms with E-state index in [1.807, 2.05) is 24.3 Å². The van der Waals surface area contributed by atoms with Crippen LogP contribution < -0.4 is 0 Å². The zero-order valence-corrected chi connectivity index (χ0v) is 9.75. The number of halogens is 2. The van der Waals surface area contributed by atoms with Gasteiger partial charge in [-0.05, 0) is 12.1 Å². The van der Waals surface area contributed by atoms with Crippen LogP contribution in [0.5, 0.6) is 0 Å². The molecule has 0 saturated carbocycles. The molecule has 0 spiro atoms. The summed E-state index contributed by atoms with van der Waals surface area (Å²) in [5, 5.41) is 0. The van der Waals surface area contributed by atoms with Crippen molar-refractivity contribution in [3.05, 3.63) is 42.7 Å². The normalized spacial score (nSPS) is 6.85. The van der Waals surface area contributed by atoms with E-state index in [-0.39, 0.29) is 12.4 Å². The molecule has 0 bridgehead atoms. The van der Waals surface area contributed by atoms with Gasteiger partial charge in [-0.25, -0.2) is 0 Å². The summed E-state index contributed by atoms with van der Waals surface area (Å²) in [6.07, 6.45) is 4.50. The van der Waals surface area contributed by atoms with Gasteiger partial charge in [0.25, 0.3) is 0 Å². The van der Waals surface area contributed by atoms with E-state index < -0.39 is 14.2 Å². The van der Waals surface area contributed by atoms with Crippen LogP contribution in [-0.2, 0) is 10.2 Å². The number of hydrogen-bond acceptors (Lipinski definition) is 2. The summed E-state index contributed by atoms with van der Waals surface area (Å²) in [5.41, 5.74) is 1.08. The van der Waals surface area contributed by atoms with Gasteiger partial charge in [0.15, 0.2) is 0 Å². The third-order valence-electron chi connectivity index (χ3n) is 1.08. The van der Waals surface area contributed by atoms with Crippen molar-refractivity contribution in [2.75, 3.05) is 0 Å². The molecule has 0 N–H and O–H groups in total. The van der Waals surface area contributed by atoms with Gasteiger partial charge in [0.1, 0.15) is 0 Å². The monoisotopic (exact) mass is 233 g/mol. The Bertz CT molecular complexity index is 231. The molecule has 0 unspecified atom stereocenters. The summed E-state index contributed by atoms with van der Waals surface area (Å²) < 4.78 is 8.78. The molecule has 1 rings (SSSR count). The molecule has 13 heavy (non-hydrogen) atoms. The molecule has 1 aromatic rings. The van der Waals surface area contributed by atoms with Crippen LogP contribution in [-0.4, -0.2) is 19.2 Å². The molecule has 0 aliphatic carbocycles. The minimum absolute atomic E-state index is 0. The van der Waals surface area contributed by atoms with Gasteiger partial charge >= 0.3 is 28.1 Å². The van der Waals surface area contributed by atoms with Crippen molar-refractivity contribution in [2.24, 2.45) is 0 Å². The fourth-order valence-electron chi connectivity index (χ4n) is 0.667. The molecule has 0 amide bonds. The Morgan fingerprint density at radius 3 is 2.62 bits per heavy atom. The van der Waals surface area contributed by atoms with Crippen molar-refractivity contribution < 1.29 is 3.80 Å². The van der Waals surface area contributed by atoms with E-state index in [0.717, 1.165) is 12.1 Å². The quantitative estimate of drug-likeness (QED) is 0.581. The van der Waals surface area contributed by atoms with E-state index in [1.54, 1.807) is 6.20 Å². The van der Waals surface area contributed by atoms with Crippen LogP contribution in [0.15, 0.2) is 37.1 Å². The van der Waals surface area contributed by atoms with Crippen LogP contribution in [0.25, 0.3) is 0 Å². The summed E-state index contributed by atoms with van der Waals surface area (Å²) in [7, 11) is 4.53. The Kier molecular flexibility index (Phi) is 13.9. The zero-order chi connectivity index (χ0) is 9.23. The molecule has 70 valence electrons. The fourth-order valence-corrected chi connectivity index (χ4v) is 0.667. The van der Waals surface area contributed by atoms with Crippen molar-refractivity contribution in [1.82, 2.24) is 4.98 Å². The van der Waals surface area contributed by atoms with E-state index in [4.69, 9.17) is 3.80 Å². The molecule has 0 atom stereocenters. The first-order chi connectivity index (χ1) is 5.85. The van der Waals surface area contributed by atoms with Crippen LogP contribution in [0.3, 0.4) is 0 Å². The van der Waals surface area contributed by atoms with E-state index >= 15 is 0 Å². The predicted molar refractivity (Wildman–Crippen MR) is 57.7 cm³/mol. The molecule has 0 fully saturated rings. The van der Waals surface area contributed by atoms with Crippen molar-refractivity contribution in [2.45, 2.75) is 6.42 Å². The number of aromatic nitrogens is 1. The van der Waals surface area contributed by atoms with Crippen LogP contribution in [0.1, 0.15) is 5.69 Å². The molecule has 0 saturated heterocycles. The zero-order valence-electron chi connectivity index (χ0n) is 7.02. The van der Waals surface area contributed by atoms with Gasteiger partial charge in [0, 0.05) is 18.3 Å². The summed E-state index contributed by atoms with van der Waals surface area (Å²) in [4.78, 5) is 4.10. The van der Waals surface area contributed by atoms with E-state index in [1.165, 1.54) is 0 Å². The summed E-state index contributed by atoms with van der Waals surface area (Å²) in [6.45, 7) is 3.62. The van der Waals surface area contributed by atoms with E-state index in [2.05, 4.69) is 21.6 Å². The first-order valence-electron chi connectivity index (χ1n) is 3.39. The minimum atomic E-state index is -1.03. The van der Waals surface area contributed by atoms with Gasteiger partial charge in [-0.2, -0.15) is 0 Å². The third kappa shape index (κ3) is 9.72. The average Bonchev–Trinajstić information content (AvgIpc) is 2.08. The first kappa shape index (κ1) is 15.3. The van der Waals surface area contributed by atoms with Crippen molar-refractivity contribution in [1.29, 1.82) is 0 Å². The SMILES string of the molecule is C=CCc1ccccn1.Cl.[O]=[Al][Cl]. The van der Waals surface area contributed by atoms with E-state index in [0.29, 0.717) is 0 Å². The first-order valence-corrected chi connectivity index (χ1v) is 5.61. The van der Waals surface area contributed by atoms with Crippen molar-refractivity contribution in [3.63, 3.8) is 0 Å². The van der Waals surface area contributed by atoms with Crippen LogP contribution in [0, 0.1) is 0 Å². The van der Waals surface area contributed by atoms with Gasteiger partial charge in [-0.3, -0.25) is 4.98 Å². The summed E-state index contributed by atoms with van der Waals surface area (Å²) in [6, 6.07) is 5.88. The molecular formula is C8H10AlCl2NO. The molecule has 0 aromatic carbocycles. The van der Waals surface area contributed by atoms with Gasteiger partial charge in [-0.1, -0.05) is 12.1 Å². The second kappa shape index (κ2) is 11.8. The van der Waals surface area contributed by atoms with Gasteiger partial charge in [0.05, 0.1) is 0 Å². The molecule has 0 radical (unpaired) electrons. The molecule has 2 nitrogen and oxygen atoms in total. The Morgan fingerprint density at radius 1 is 1.62 bits per heavy atom. The number of nitrogens with zero attached hydrogens (tertiary/aromatic N) is 1.